The van der Waals surface area contributed by atoms with Crippen molar-refractivity contribution < 1.29 is 19.1 Å². The number of carbonyl (C=O) groups is 2. The molecule has 1 aromatic rings. The summed E-state index contributed by atoms with van der Waals surface area (Å²) in [4.78, 5) is 29.5. The lowest BCUT2D eigenvalue weighted by Crippen LogP contribution is -2.46. The van der Waals surface area contributed by atoms with Crippen LogP contribution in [0.1, 0.15) is 67.9 Å². The monoisotopic (exact) mass is 403 g/mol. The van der Waals surface area contributed by atoms with Crippen molar-refractivity contribution in [2.45, 2.75) is 57.9 Å². The highest BCUT2D eigenvalue weighted by Gasteiger charge is 2.29. The molecule has 1 saturated carbocycles. The van der Waals surface area contributed by atoms with Crippen LogP contribution in [0.2, 0.25) is 0 Å². The largest absolute Gasteiger partial charge is 0.477 e. The van der Waals surface area contributed by atoms with Crippen LogP contribution in [0.5, 0.6) is 5.88 Å². The first kappa shape index (κ1) is 21.6. The van der Waals surface area contributed by atoms with E-state index in [0.29, 0.717) is 30.7 Å². The Morgan fingerprint density at radius 3 is 2.55 bits per heavy atom. The number of nitrogens with one attached hydrogen (secondary N) is 2. The van der Waals surface area contributed by atoms with Gasteiger partial charge in [0.05, 0.1) is 6.61 Å². The fourth-order valence-corrected chi connectivity index (χ4v) is 3.62. The first-order valence-electron chi connectivity index (χ1n) is 10.7. The molecule has 160 valence electrons. The topological polar surface area (TPSA) is 89.6 Å². The van der Waals surface area contributed by atoms with Gasteiger partial charge in [-0.15, -0.1) is 0 Å². The number of rotatable bonds is 9. The number of ether oxygens (including phenoxy) is 2. The minimum atomic E-state index is -0.580. The normalized spacial score (nSPS) is 18.3. The molecule has 2 amide bonds. The molecule has 1 aliphatic heterocycles. The van der Waals surface area contributed by atoms with Crippen LogP contribution in [0.3, 0.4) is 0 Å². The number of hydrogen-bond donors (Lipinski definition) is 2. The summed E-state index contributed by atoms with van der Waals surface area (Å²) in [5.41, 5.74) is 1.37. The van der Waals surface area contributed by atoms with Gasteiger partial charge in [-0.25, -0.2) is 4.98 Å². The van der Waals surface area contributed by atoms with E-state index in [-0.39, 0.29) is 23.4 Å². The van der Waals surface area contributed by atoms with Crippen LogP contribution in [-0.2, 0) is 9.53 Å². The second-order valence-electron chi connectivity index (χ2n) is 8.50. The maximum absolute atomic E-state index is 12.8. The molecule has 1 atom stereocenters. The van der Waals surface area contributed by atoms with Gasteiger partial charge in [0.25, 0.3) is 5.91 Å². The summed E-state index contributed by atoms with van der Waals surface area (Å²) in [5.74, 6) is 1.23. The molecule has 0 bridgehead atoms. The molecule has 0 spiro atoms. The minimum Gasteiger partial charge on any atom is -0.477 e. The zero-order chi connectivity index (χ0) is 20.8. The molecule has 1 aromatic heterocycles. The van der Waals surface area contributed by atoms with Gasteiger partial charge in [-0.05, 0) is 55.9 Å². The van der Waals surface area contributed by atoms with Crippen LogP contribution in [0.25, 0.3) is 0 Å². The average molecular weight is 404 g/mol. The van der Waals surface area contributed by atoms with Crippen molar-refractivity contribution in [3.05, 3.63) is 23.4 Å². The van der Waals surface area contributed by atoms with Gasteiger partial charge < -0.3 is 20.1 Å². The number of hydrogen-bond acceptors (Lipinski definition) is 5. The number of pyridine rings is 1. The number of amides is 2. The summed E-state index contributed by atoms with van der Waals surface area (Å²) in [6.45, 7) is 6.18. The van der Waals surface area contributed by atoms with Gasteiger partial charge >= 0.3 is 0 Å². The van der Waals surface area contributed by atoms with Gasteiger partial charge in [0.15, 0.2) is 0 Å². The van der Waals surface area contributed by atoms with Crippen molar-refractivity contribution in [1.29, 1.82) is 0 Å². The van der Waals surface area contributed by atoms with E-state index in [2.05, 4.69) is 15.6 Å². The zero-order valence-corrected chi connectivity index (χ0v) is 17.7. The highest BCUT2D eigenvalue weighted by molar-refractivity contribution is 5.96. The van der Waals surface area contributed by atoms with Crippen LogP contribution in [-0.4, -0.2) is 49.7 Å². The predicted molar refractivity (Wildman–Crippen MR) is 110 cm³/mol. The van der Waals surface area contributed by atoms with E-state index >= 15 is 0 Å². The smallest absolute Gasteiger partial charge is 0.270 e. The molecule has 0 aromatic carbocycles. The van der Waals surface area contributed by atoms with Gasteiger partial charge in [0, 0.05) is 25.8 Å². The van der Waals surface area contributed by atoms with Gasteiger partial charge in [-0.2, -0.15) is 0 Å². The van der Waals surface area contributed by atoms with Crippen LogP contribution >= 0.6 is 0 Å². The average Bonchev–Trinajstić information content (AvgIpc) is 3.56. The molecule has 2 fully saturated rings. The summed E-state index contributed by atoms with van der Waals surface area (Å²) in [6, 6.07) is 3.11. The van der Waals surface area contributed by atoms with E-state index in [0.717, 1.165) is 44.5 Å². The Morgan fingerprint density at radius 1 is 1.21 bits per heavy atom. The second-order valence-corrected chi connectivity index (χ2v) is 8.50. The standard InChI is InChI=1S/C22H33N3O4/c1-14(2)12-19(20(26)23-3)24-21(27)18-7-6-17(16-4-5-16)22(25-18)29-13-15-8-10-28-11-9-15/h6-7,14-16,19H,4-5,8-13H2,1-3H3,(H,23,26)(H,24,27). The molecular weight excluding hydrogens is 370 g/mol. The Morgan fingerprint density at radius 2 is 1.93 bits per heavy atom. The van der Waals surface area contributed by atoms with Crippen molar-refractivity contribution in [1.82, 2.24) is 15.6 Å². The molecule has 3 rings (SSSR count). The summed E-state index contributed by atoms with van der Waals surface area (Å²) >= 11 is 0. The maximum atomic E-state index is 12.8. The van der Waals surface area contributed by atoms with E-state index in [1.165, 1.54) is 0 Å². The van der Waals surface area contributed by atoms with Gasteiger partial charge in [-0.1, -0.05) is 19.9 Å². The number of nitrogens with zero attached hydrogens (tertiary/aromatic N) is 1. The van der Waals surface area contributed by atoms with Crippen LogP contribution < -0.4 is 15.4 Å². The van der Waals surface area contributed by atoms with E-state index in [1.54, 1.807) is 13.1 Å². The molecular formula is C22H33N3O4. The lowest BCUT2D eigenvalue weighted by molar-refractivity contribution is -0.122. The Hall–Kier alpha value is -2.15. The van der Waals surface area contributed by atoms with E-state index in [1.807, 2.05) is 19.9 Å². The van der Waals surface area contributed by atoms with Crippen LogP contribution in [0.4, 0.5) is 0 Å². The predicted octanol–water partition coefficient (Wildman–Crippen LogP) is 2.65. The lowest BCUT2D eigenvalue weighted by Gasteiger charge is -2.23. The van der Waals surface area contributed by atoms with Crippen molar-refractivity contribution >= 4 is 11.8 Å². The summed E-state index contributed by atoms with van der Waals surface area (Å²) in [5, 5.41) is 5.45. The minimum absolute atomic E-state index is 0.197. The fourth-order valence-electron chi connectivity index (χ4n) is 3.62. The van der Waals surface area contributed by atoms with Crippen molar-refractivity contribution in [2.75, 3.05) is 26.9 Å². The van der Waals surface area contributed by atoms with Gasteiger partial charge in [0.2, 0.25) is 11.8 Å². The van der Waals surface area contributed by atoms with E-state index in [9.17, 15) is 9.59 Å². The molecule has 2 heterocycles. The molecule has 1 saturated heterocycles. The Kier molecular flexibility index (Phi) is 7.47. The van der Waals surface area contributed by atoms with Gasteiger partial charge in [0.1, 0.15) is 11.7 Å². The molecule has 1 aliphatic carbocycles. The Labute approximate surface area is 172 Å². The Balaban J connectivity index is 1.70. The molecule has 2 N–H and O–H groups in total. The first-order valence-corrected chi connectivity index (χ1v) is 10.7. The lowest BCUT2D eigenvalue weighted by atomic mass is 10.0. The third-order valence-corrected chi connectivity index (χ3v) is 5.51. The van der Waals surface area contributed by atoms with Gasteiger partial charge in [-0.3, -0.25) is 9.59 Å². The first-order chi connectivity index (χ1) is 14.0. The summed E-state index contributed by atoms with van der Waals surface area (Å²) in [6.07, 6.45) is 4.81. The molecule has 0 radical (unpaired) electrons. The van der Waals surface area contributed by atoms with Crippen molar-refractivity contribution in [2.24, 2.45) is 11.8 Å². The third-order valence-electron chi connectivity index (χ3n) is 5.51. The van der Waals surface area contributed by atoms with E-state index < -0.39 is 6.04 Å². The summed E-state index contributed by atoms with van der Waals surface area (Å²) < 4.78 is 11.5. The second kappa shape index (κ2) is 10.1. The molecule has 1 unspecified atom stereocenters. The number of likely N-dealkylation sites (N-methyl/N-ethyl adjacent to an activating group) is 1. The molecule has 2 aliphatic rings. The Bertz CT molecular complexity index is 712. The van der Waals surface area contributed by atoms with Crippen LogP contribution in [0, 0.1) is 11.8 Å². The number of carbonyl (C=O) groups excluding carboxylic acids is 2. The molecule has 7 nitrogen and oxygen atoms in total. The van der Waals surface area contributed by atoms with Crippen LogP contribution in [0.15, 0.2) is 12.1 Å². The quantitative estimate of drug-likeness (QED) is 0.662. The maximum Gasteiger partial charge on any atom is 0.270 e. The number of aromatic nitrogens is 1. The SMILES string of the molecule is CNC(=O)C(CC(C)C)NC(=O)c1ccc(C2CC2)c(OCC2CCOCC2)n1. The molecule has 29 heavy (non-hydrogen) atoms. The van der Waals surface area contributed by atoms with Crippen molar-refractivity contribution in [3.8, 4) is 5.88 Å². The molecule has 7 heteroatoms. The third kappa shape index (κ3) is 6.16. The van der Waals surface area contributed by atoms with Crippen molar-refractivity contribution in [3.63, 3.8) is 0 Å². The van der Waals surface area contributed by atoms with E-state index in [4.69, 9.17) is 9.47 Å². The fraction of sp³-hybridized carbons (Fsp3) is 0.682. The summed E-state index contributed by atoms with van der Waals surface area (Å²) in [7, 11) is 1.58. The highest BCUT2D eigenvalue weighted by atomic mass is 16.5. The zero-order valence-electron chi connectivity index (χ0n) is 17.7. The highest BCUT2D eigenvalue weighted by Crippen LogP contribution is 2.43.